The summed E-state index contributed by atoms with van der Waals surface area (Å²) >= 11 is 0. The smallest absolute Gasteiger partial charge is 0.315 e. The zero-order valence-corrected chi connectivity index (χ0v) is 16.9. The Morgan fingerprint density at radius 2 is 1.87 bits per heavy atom. The minimum atomic E-state index is -3.89. The largest absolute Gasteiger partial charge is 0.494 e. The van der Waals surface area contributed by atoms with Gasteiger partial charge in [0, 0.05) is 11.1 Å². The third-order valence-corrected chi connectivity index (χ3v) is 5.45. The van der Waals surface area contributed by atoms with Crippen LogP contribution in [-0.4, -0.2) is 31.6 Å². The molecule has 1 heterocycles. The van der Waals surface area contributed by atoms with Crippen molar-refractivity contribution in [1.82, 2.24) is 4.98 Å². The first-order valence-corrected chi connectivity index (χ1v) is 10.4. The number of sulfonamides is 1. The molecule has 0 saturated heterocycles. The molecule has 0 bridgehead atoms. The van der Waals surface area contributed by atoms with Crippen molar-refractivity contribution in [2.24, 2.45) is 5.14 Å². The highest BCUT2D eigenvalue weighted by atomic mass is 32.2. The van der Waals surface area contributed by atoms with Crippen LogP contribution in [-0.2, 0) is 14.8 Å². The van der Waals surface area contributed by atoms with Gasteiger partial charge in [-0.25, -0.2) is 22.9 Å². The molecule has 0 aliphatic carbocycles. The number of aliphatic carboxylic acids is 1. The van der Waals surface area contributed by atoms with Crippen LogP contribution in [0, 0.1) is 5.82 Å². The fourth-order valence-electron chi connectivity index (χ4n) is 2.94. The van der Waals surface area contributed by atoms with Crippen molar-refractivity contribution in [2.75, 3.05) is 7.11 Å². The minimum absolute atomic E-state index is 0.0366. The van der Waals surface area contributed by atoms with Gasteiger partial charge in [-0.15, -0.1) is 0 Å². The van der Waals surface area contributed by atoms with Crippen molar-refractivity contribution in [3.05, 3.63) is 54.2 Å². The van der Waals surface area contributed by atoms with Crippen molar-refractivity contribution in [1.29, 1.82) is 0 Å². The number of primary sulfonamides is 1. The molecule has 0 spiro atoms. The van der Waals surface area contributed by atoms with E-state index in [0.29, 0.717) is 11.1 Å². The molecule has 3 N–H and O–H groups in total. The SMILES string of the molecule is CCC(C(=O)O)c1nc(-c2ccc(S(N)(=O)=O)cc2)c(-c2ccc(OC)c(F)c2)o1. The Labute approximate surface area is 172 Å². The maximum Gasteiger partial charge on any atom is 0.315 e. The molecule has 0 radical (unpaired) electrons. The summed E-state index contributed by atoms with van der Waals surface area (Å²) in [5.41, 5.74) is 1.01. The number of carboxylic acids is 1. The topological polar surface area (TPSA) is 133 Å². The number of halogens is 1. The molecule has 1 atom stereocenters. The van der Waals surface area contributed by atoms with Gasteiger partial charge in [-0.05, 0) is 36.8 Å². The Balaban J connectivity index is 2.19. The molecule has 0 aliphatic rings. The fraction of sp³-hybridized carbons (Fsp3) is 0.200. The van der Waals surface area contributed by atoms with Crippen LogP contribution in [0.25, 0.3) is 22.6 Å². The third kappa shape index (κ3) is 4.19. The monoisotopic (exact) mass is 434 g/mol. The first-order valence-electron chi connectivity index (χ1n) is 8.86. The number of nitrogens with zero attached hydrogens (tertiary/aromatic N) is 1. The summed E-state index contributed by atoms with van der Waals surface area (Å²) in [5.74, 6) is -2.59. The molecule has 158 valence electrons. The van der Waals surface area contributed by atoms with E-state index in [9.17, 15) is 22.7 Å². The van der Waals surface area contributed by atoms with Crippen LogP contribution in [0.2, 0.25) is 0 Å². The van der Waals surface area contributed by atoms with E-state index >= 15 is 0 Å². The third-order valence-electron chi connectivity index (χ3n) is 4.52. The number of hydrogen-bond donors (Lipinski definition) is 2. The van der Waals surface area contributed by atoms with Gasteiger partial charge in [0.05, 0.1) is 12.0 Å². The van der Waals surface area contributed by atoms with Gasteiger partial charge in [-0.1, -0.05) is 19.1 Å². The van der Waals surface area contributed by atoms with Crippen molar-refractivity contribution in [3.8, 4) is 28.3 Å². The number of nitrogens with two attached hydrogens (primary N) is 1. The zero-order valence-electron chi connectivity index (χ0n) is 16.1. The fourth-order valence-corrected chi connectivity index (χ4v) is 3.46. The van der Waals surface area contributed by atoms with Gasteiger partial charge in [0.25, 0.3) is 0 Å². The Morgan fingerprint density at radius 3 is 2.37 bits per heavy atom. The van der Waals surface area contributed by atoms with Crippen LogP contribution in [0.1, 0.15) is 25.2 Å². The number of benzene rings is 2. The van der Waals surface area contributed by atoms with Crippen LogP contribution in [0.3, 0.4) is 0 Å². The van der Waals surface area contributed by atoms with Crippen molar-refractivity contribution in [3.63, 3.8) is 0 Å². The van der Waals surface area contributed by atoms with E-state index in [1.54, 1.807) is 13.0 Å². The van der Waals surface area contributed by atoms with Crippen LogP contribution in [0.5, 0.6) is 5.75 Å². The predicted molar refractivity (Wildman–Crippen MR) is 106 cm³/mol. The summed E-state index contributed by atoms with van der Waals surface area (Å²) < 4.78 is 47.9. The summed E-state index contributed by atoms with van der Waals surface area (Å²) in [5, 5.41) is 14.6. The van der Waals surface area contributed by atoms with E-state index in [1.165, 1.54) is 43.5 Å². The number of hydrogen-bond acceptors (Lipinski definition) is 6. The highest BCUT2D eigenvalue weighted by Crippen LogP contribution is 2.37. The van der Waals surface area contributed by atoms with E-state index in [1.807, 2.05) is 0 Å². The maximum absolute atomic E-state index is 14.3. The number of oxazole rings is 1. The van der Waals surface area contributed by atoms with Gasteiger partial charge in [-0.2, -0.15) is 0 Å². The normalized spacial score (nSPS) is 12.5. The summed E-state index contributed by atoms with van der Waals surface area (Å²) in [4.78, 5) is 15.8. The Kier molecular flexibility index (Phi) is 5.90. The van der Waals surface area contributed by atoms with Gasteiger partial charge in [0.1, 0.15) is 11.6 Å². The molecule has 1 aromatic heterocycles. The van der Waals surface area contributed by atoms with Crippen molar-refractivity contribution in [2.45, 2.75) is 24.2 Å². The number of carboxylic acid groups (broad SMARTS) is 1. The lowest BCUT2D eigenvalue weighted by molar-refractivity contribution is -0.139. The van der Waals surface area contributed by atoms with Gasteiger partial charge in [0.15, 0.2) is 17.3 Å². The van der Waals surface area contributed by atoms with Crippen LogP contribution < -0.4 is 9.88 Å². The molecule has 1 unspecified atom stereocenters. The molecule has 0 aliphatic heterocycles. The molecule has 0 fully saturated rings. The second kappa shape index (κ2) is 8.25. The Morgan fingerprint density at radius 1 is 1.23 bits per heavy atom. The molecule has 0 amide bonds. The van der Waals surface area contributed by atoms with E-state index < -0.39 is 27.7 Å². The summed E-state index contributed by atoms with van der Waals surface area (Å²) in [6.45, 7) is 1.68. The number of ether oxygens (including phenoxy) is 1. The standard InChI is InChI=1S/C20H19FN2O6S/c1-3-14(20(24)25)19-23-17(11-4-7-13(8-5-11)30(22,26)27)18(29-19)12-6-9-16(28-2)15(21)10-12/h4-10,14H,3H2,1-2H3,(H,24,25)(H2,22,26,27). The molecule has 2 aromatic carbocycles. The molecule has 3 rings (SSSR count). The molecule has 10 heteroatoms. The van der Waals surface area contributed by atoms with Gasteiger partial charge >= 0.3 is 5.97 Å². The maximum atomic E-state index is 14.3. The van der Waals surface area contributed by atoms with Gasteiger partial charge in [-0.3, -0.25) is 4.79 Å². The Bertz CT molecular complexity index is 1190. The predicted octanol–water partition coefficient (Wildman–Crippen LogP) is 3.38. The number of rotatable bonds is 7. The number of methoxy groups -OCH3 is 1. The summed E-state index contributed by atoms with van der Waals surface area (Å²) in [7, 11) is -2.55. The van der Waals surface area contributed by atoms with E-state index in [4.69, 9.17) is 14.3 Å². The van der Waals surface area contributed by atoms with Crippen molar-refractivity contribution < 1.29 is 31.9 Å². The molecule has 8 nitrogen and oxygen atoms in total. The molecule has 0 saturated carbocycles. The van der Waals surface area contributed by atoms with Gasteiger partial charge < -0.3 is 14.3 Å². The number of aromatic nitrogens is 1. The lowest BCUT2D eigenvalue weighted by atomic mass is 10.1. The highest BCUT2D eigenvalue weighted by Gasteiger charge is 2.27. The first-order chi connectivity index (χ1) is 14.2. The average Bonchev–Trinajstić information content (AvgIpc) is 3.12. The molecular formula is C20H19FN2O6S. The first kappa shape index (κ1) is 21.5. The zero-order chi connectivity index (χ0) is 22.1. The van der Waals surface area contributed by atoms with Crippen LogP contribution in [0.15, 0.2) is 51.8 Å². The average molecular weight is 434 g/mol. The second-order valence-corrected chi connectivity index (χ2v) is 8.01. The van der Waals surface area contributed by atoms with Crippen LogP contribution in [0.4, 0.5) is 4.39 Å². The van der Waals surface area contributed by atoms with Crippen LogP contribution >= 0.6 is 0 Å². The van der Waals surface area contributed by atoms with Crippen molar-refractivity contribution >= 4 is 16.0 Å². The number of carbonyl (C=O) groups is 1. The lowest BCUT2D eigenvalue weighted by Crippen LogP contribution is -2.11. The minimum Gasteiger partial charge on any atom is -0.494 e. The van der Waals surface area contributed by atoms with E-state index in [-0.39, 0.29) is 34.4 Å². The van der Waals surface area contributed by atoms with E-state index in [2.05, 4.69) is 4.98 Å². The Hall–Kier alpha value is -3.24. The lowest BCUT2D eigenvalue weighted by Gasteiger charge is -2.06. The summed E-state index contributed by atoms with van der Waals surface area (Å²) in [6, 6.07) is 9.68. The molecule has 3 aromatic rings. The van der Waals surface area contributed by atoms with E-state index in [0.717, 1.165) is 0 Å². The highest BCUT2D eigenvalue weighted by molar-refractivity contribution is 7.89. The molecular weight excluding hydrogens is 415 g/mol. The summed E-state index contributed by atoms with van der Waals surface area (Å²) in [6.07, 6.45) is 0.232. The second-order valence-electron chi connectivity index (χ2n) is 6.45. The van der Waals surface area contributed by atoms with Gasteiger partial charge in [0.2, 0.25) is 15.9 Å². The quantitative estimate of drug-likeness (QED) is 0.582. The molecule has 30 heavy (non-hydrogen) atoms.